The van der Waals surface area contributed by atoms with Gasteiger partial charge < -0.3 is 9.88 Å². The molecule has 1 amide bonds. The number of anilines is 1. The Labute approximate surface area is 142 Å². The van der Waals surface area contributed by atoms with Crippen LogP contribution in [0.15, 0.2) is 41.4 Å². The minimum atomic E-state index is -4.56. The second kappa shape index (κ2) is 6.73. The molecule has 1 N–H and O–H groups in total. The molecular weight excluding hydrogens is 361 g/mol. The summed E-state index contributed by atoms with van der Waals surface area (Å²) in [5.41, 5.74) is 0.958. The van der Waals surface area contributed by atoms with Crippen molar-refractivity contribution in [3.63, 3.8) is 0 Å². The number of thiophene rings is 1. The highest BCUT2D eigenvalue weighted by atomic mass is 32.1. The Kier molecular flexibility index (Phi) is 4.67. The summed E-state index contributed by atoms with van der Waals surface area (Å²) in [7, 11) is 0. The molecule has 0 radical (unpaired) electrons. The third-order valence-electron chi connectivity index (χ3n) is 3.21. The number of hydrogen-bond donors (Lipinski definition) is 1. The van der Waals surface area contributed by atoms with E-state index >= 15 is 0 Å². The molecule has 3 aromatic rings. The highest BCUT2D eigenvalue weighted by Gasteiger charge is 2.35. The molecule has 5 nitrogen and oxygen atoms in total. The van der Waals surface area contributed by atoms with Gasteiger partial charge in [0.25, 0.3) is 0 Å². The average molecular weight is 372 g/mol. The Morgan fingerprint density at radius 1 is 1.29 bits per heavy atom. The summed E-state index contributed by atoms with van der Waals surface area (Å²) in [6, 6.07) is 5.37. The Hall–Kier alpha value is -2.20. The monoisotopic (exact) mass is 372 g/mol. The van der Waals surface area contributed by atoms with E-state index in [-0.39, 0.29) is 17.6 Å². The molecule has 3 aromatic heterocycles. The average Bonchev–Trinajstić information content (AvgIpc) is 3.25. The van der Waals surface area contributed by atoms with E-state index in [2.05, 4.69) is 15.5 Å². The van der Waals surface area contributed by atoms with Crippen LogP contribution >= 0.6 is 22.7 Å². The van der Waals surface area contributed by atoms with Crippen molar-refractivity contribution in [2.24, 2.45) is 0 Å². The van der Waals surface area contributed by atoms with Crippen LogP contribution in [0.2, 0.25) is 0 Å². The Morgan fingerprint density at radius 3 is 2.62 bits per heavy atom. The number of nitrogens with zero attached hydrogens (tertiary/aromatic N) is 3. The Morgan fingerprint density at radius 2 is 2.04 bits per heavy atom. The van der Waals surface area contributed by atoms with E-state index in [9.17, 15) is 18.0 Å². The molecule has 0 saturated carbocycles. The molecule has 24 heavy (non-hydrogen) atoms. The van der Waals surface area contributed by atoms with Crippen LogP contribution in [0, 0.1) is 0 Å². The molecule has 0 unspecified atom stereocenters. The van der Waals surface area contributed by atoms with Crippen LogP contribution in [-0.2, 0) is 11.0 Å². The lowest BCUT2D eigenvalue weighted by molar-refractivity contribution is -0.138. The lowest BCUT2D eigenvalue weighted by atomic mass is 10.1. The molecule has 0 aliphatic heterocycles. The van der Waals surface area contributed by atoms with E-state index in [1.165, 1.54) is 11.3 Å². The number of rotatable bonds is 5. The van der Waals surface area contributed by atoms with Crippen LogP contribution in [-0.4, -0.2) is 20.7 Å². The van der Waals surface area contributed by atoms with Crippen molar-refractivity contribution in [2.75, 3.05) is 5.32 Å². The zero-order chi connectivity index (χ0) is 17.2. The summed E-state index contributed by atoms with van der Waals surface area (Å²) < 4.78 is 39.4. The van der Waals surface area contributed by atoms with Crippen molar-refractivity contribution < 1.29 is 18.0 Å². The van der Waals surface area contributed by atoms with Gasteiger partial charge in [-0.1, -0.05) is 11.3 Å². The van der Waals surface area contributed by atoms with Crippen LogP contribution in [0.1, 0.15) is 23.0 Å². The van der Waals surface area contributed by atoms with Gasteiger partial charge in [0.15, 0.2) is 0 Å². The molecule has 3 heterocycles. The summed E-state index contributed by atoms with van der Waals surface area (Å²) in [5.74, 6) is -0.426. The number of aromatic nitrogens is 3. The van der Waals surface area contributed by atoms with E-state index in [0.717, 1.165) is 5.56 Å². The zero-order valence-electron chi connectivity index (χ0n) is 12.0. The second-order valence-electron chi connectivity index (χ2n) is 4.87. The van der Waals surface area contributed by atoms with Crippen molar-refractivity contribution in [1.82, 2.24) is 14.8 Å². The fourth-order valence-electron chi connectivity index (χ4n) is 2.15. The highest BCUT2D eigenvalue weighted by Crippen LogP contribution is 2.33. The first kappa shape index (κ1) is 16.7. The van der Waals surface area contributed by atoms with E-state index in [4.69, 9.17) is 0 Å². The third kappa shape index (κ3) is 3.82. The first-order chi connectivity index (χ1) is 11.4. The van der Waals surface area contributed by atoms with Crippen LogP contribution in [0.25, 0.3) is 0 Å². The lowest BCUT2D eigenvalue weighted by Gasteiger charge is -2.17. The van der Waals surface area contributed by atoms with Crippen molar-refractivity contribution in [1.29, 1.82) is 0 Å². The van der Waals surface area contributed by atoms with Crippen molar-refractivity contribution in [2.45, 2.75) is 18.6 Å². The van der Waals surface area contributed by atoms with Gasteiger partial charge in [-0.05, 0) is 34.5 Å². The van der Waals surface area contributed by atoms with Crippen LogP contribution in [0.4, 0.5) is 18.3 Å². The van der Waals surface area contributed by atoms with Gasteiger partial charge >= 0.3 is 6.18 Å². The maximum atomic E-state index is 12.5. The van der Waals surface area contributed by atoms with Gasteiger partial charge in [-0.3, -0.25) is 4.79 Å². The van der Waals surface area contributed by atoms with Gasteiger partial charge in [0.1, 0.15) is 0 Å². The smallest absolute Gasteiger partial charge is 0.346 e. The minimum Gasteiger partial charge on any atom is -0.346 e. The molecule has 0 bridgehead atoms. The minimum absolute atomic E-state index is 0.0757. The second-order valence-corrected chi connectivity index (χ2v) is 6.62. The van der Waals surface area contributed by atoms with E-state index in [1.807, 2.05) is 45.9 Å². The van der Waals surface area contributed by atoms with E-state index in [1.54, 1.807) is 0 Å². The molecule has 0 aromatic carbocycles. The molecule has 0 aliphatic carbocycles. The Balaban J connectivity index is 1.71. The maximum Gasteiger partial charge on any atom is 0.445 e. The topological polar surface area (TPSA) is 59.8 Å². The number of hydrogen-bond acceptors (Lipinski definition) is 5. The number of carbonyl (C=O) groups is 1. The molecule has 0 aliphatic rings. The van der Waals surface area contributed by atoms with E-state index < -0.39 is 17.1 Å². The molecule has 1 atom stereocenters. The zero-order valence-corrected chi connectivity index (χ0v) is 13.7. The SMILES string of the molecule is O=C(C[C@H](c1ccsc1)n1cccc1)Nc1nnc(C(F)(F)F)s1. The molecular formula is C14H11F3N4OS2. The van der Waals surface area contributed by atoms with Gasteiger partial charge in [0, 0.05) is 12.4 Å². The number of nitrogens with one attached hydrogen (secondary N) is 1. The van der Waals surface area contributed by atoms with Gasteiger partial charge in [-0.15, -0.1) is 10.2 Å². The van der Waals surface area contributed by atoms with Gasteiger partial charge in [-0.2, -0.15) is 24.5 Å². The number of carbonyl (C=O) groups excluding carboxylic acids is 1. The normalized spacial score (nSPS) is 13.0. The molecule has 3 rings (SSSR count). The van der Waals surface area contributed by atoms with Crippen molar-refractivity contribution in [3.05, 3.63) is 51.9 Å². The summed E-state index contributed by atoms with van der Waals surface area (Å²) in [6.07, 6.45) is -0.817. The summed E-state index contributed by atoms with van der Waals surface area (Å²) in [4.78, 5) is 12.2. The largest absolute Gasteiger partial charge is 0.445 e. The number of alkyl halides is 3. The standard InChI is InChI=1S/C14H11F3N4OS2/c15-14(16,17)12-19-20-13(24-12)18-11(22)7-10(9-3-6-23-8-9)21-4-1-2-5-21/h1-6,8,10H,7H2,(H,18,20,22)/t10-/m1/s1. The van der Waals surface area contributed by atoms with Crippen LogP contribution in [0.3, 0.4) is 0 Å². The predicted octanol–water partition coefficient (Wildman–Crippen LogP) is 4.04. The lowest BCUT2D eigenvalue weighted by Crippen LogP contribution is -2.19. The first-order valence-electron chi connectivity index (χ1n) is 6.78. The summed E-state index contributed by atoms with van der Waals surface area (Å²) in [6.45, 7) is 0. The van der Waals surface area contributed by atoms with Gasteiger partial charge in [0.05, 0.1) is 12.5 Å². The highest BCUT2D eigenvalue weighted by molar-refractivity contribution is 7.15. The quantitative estimate of drug-likeness (QED) is 0.735. The van der Waals surface area contributed by atoms with Gasteiger partial charge in [0.2, 0.25) is 16.0 Å². The molecule has 0 saturated heterocycles. The fraction of sp³-hybridized carbons (Fsp3) is 0.214. The van der Waals surface area contributed by atoms with Crippen molar-refractivity contribution in [3.8, 4) is 0 Å². The summed E-state index contributed by atoms with van der Waals surface area (Å²) >= 11 is 1.82. The number of amides is 1. The summed E-state index contributed by atoms with van der Waals surface area (Å²) in [5, 5.41) is 11.4. The van der Waals surface area contributed by atoms with E-state index in [0.29, 0.717) is 11.3 Å². The van der Waals surface area contributed by atoms with Gasteiger partial charge in [-0.25, -0.2) is 0 Å². The third-order valence-corrected chi connectivity index (χ3v) is 4.79. The predicted molar refractivity (Wildman–Crippen MR) is 85.0 cm³/mol. The Bertz CT molecular complexity index is 762. The van der Waals surface area contributed by atoms with Crippen molar-refractivity contribution >= 4 is 33.7 Å². The fourth-order valence-corrected chi connectivity index (χ4v) is 3.48. The molecule has 0 spiro atoms. The van der Waals surface area contributed by atoms with Crippen LogP contribution in [0.5, 0.6) is 0 Å². The molecule has 126 valence electrons. The van der Waals surface area contributed by atoms with Crippen LogP contribution < -0.4 is 5.32 Å². The molecule has 0 fully saturated rings. The number of halogens is 3. The molecule has 10 heteroatoms. The maximum absolute atomic E-state index is 12.5. The first-order valence-corrected chi connectivity index (χ1v) is 8.54.